The molecule has 480 valence electrons. The van der Waals surface area contributed by atoms with Crippen LogP contribution in [0.3, 0.4) is 0 Å². The van der Waals surface area contributed by atoms with Gasteiger partial charge in [-0.05, 0) is 119 Å². The zero-order valence-electron chi connectivity index (χ0n) is 55.5. The van der Waals surface area contributed by atoms with Crippen LogP contribution in [-0.2, 0) is 45.9 Å². The molecule has 0 spiro atoms. The molecular weight excluding hydrogens is 1210 g/mol. The second-order valence-corrected chi connectivity index (χ2v) is 28.4. The number of fused-ring (bicyclic) bond motifs is 2. The van der Waals surface area contributed by atoms with E-state index >= 15 is 0 Å². The Morgan fingerprint density at radius 3 is 0.659 bits per heavy atom. The van der Waals surface area contributed by atoms with Gasteiger partial charge >= 0.3 is 48.9 Å². The van der Waals surface area contributed by atoms with E-state index in [0.717, 1.165) is 60.1 Å². The van der Waals surface area contributed by atoms with Crippen LogP contribution in [0.15, 0.2) is 70.5 Å². The van der Waals surface area contributed by atoms with Gasteiger partial charge in [-0.3, -0.25) is 0 Å². The van der Waals surface area contributed by atoms with E-state index in [0.29, 0.717) is 24.0 Å². The van der Waals surface area contributed by atoms with Crippen molar-refractivity contribution in [2.24, 2.45) is 0 Å². The fraction of sp³-hybridized carbons (Fsp3) is 0.737. The van der Waals surface area contributed by atoms with E-state index in [1.165, 1.54) is 294 Å². The van der Waals surface area contributed by atoms with Crippen molar-refractivity contribution in [2.45, 2.75) is 371 Å². The summed E-state index contributed by atoms with van der Waals surface area (Å²) in [5.74, 6) is 0. The molecule has 0 saturated carbocycles. The third kappa shape index (κ3) is 39.6. The number of hydrogen-bond donors (Lipinski definition) is 0. The molecule has 4 rings (SSSR count). The second kappa shape index (κ2) is 52.4. The molecule has 0 radical (unpaired) electrons. The number of aryl methyl sites for hydroxylation is 4. The average Bonchev–Trinajstić information content (AvgIpc) is 3.45. The van der Waals surface area contributed by atoms with E-state index in [1.54, 1.807) is 12.1 Å². The maximum Gasteiger partial charge on any atom is 2.00 e. The van der Waals surface area contributed by atoms with Gasteiger partial charge in [0.15, 0.2) is 0 Å². The first-order valence-corrected chi connectivity index (χ1v) is 38.8. The summed E-state index contributed by atoms with van der Waals surface area (Å²) in [6, 6.07) is 19.8. The monoisotopic (exact) mass is 1340 g/mol. The minimum Gasteiger partial charge on any atom is -0.744 e. The van der Waals surface area contributed by atoms with Crippen LogP contribution >= 0.6 is 0 Å². The van der Waals surface area contributed by atoms with Crippen LogP contribution in [0.25, 0.3) is 21.5 Å². The van der Waals surface area contributed by atoms with Gasteiger partial charge in [0.05, 0.1) is 9.79 Å². The van der Waals surface area contributed by atoms with Crippen LogP contribution in [0, 0.1) is 0 Å². The first-order chi connectivity index (χ1) is 40.9. The molecule has 0 atom stereocenters. The minimum atomic E-state index is -4.49. The Morgan fingerprint density at radius 2 is 0.447 bits per heavy atom. The van der Waals surface area contributed by atoms with Crippen molar-refractivity contribution >= 4 is 90.7 Å². The third-order valence-electron chi connectivity index (χ3n) is 17.9. The summed E-state index contributed by atoms with van der Waals surface area (Å²) in [4.78, 5) is -0.0430. The topological polar surface area (TPSA) is 114 Å². The third-order valence-corrected chi connectivity index (χ3v) is 19.8. The van der Waals surface area contributed by atoms with Crippen molar-refractivity contribution in [2.75, 3.05) is 0 Å². The fourth-order valence-electron chi connectivity index (χ4n) is 12.6. The van der Waals surface area contributed by atoms with Gasteiger partial charge in [-0.15, -0.1) is 0 Å². The Bertz CT molecular complexity index is 2300. The molecule has 0 heterocycles. The Labute approximate surface area is 565 Å². The van der Waals surface area contributed by atoms with Crippen molar-refractivity contribution in [1.82, 2.24) is 0 Å². The molecule has 0 aliphatic heterocycles. The molecule has 9 heteroatoms. The van der Waals surface area contributed by atoms with Crippen molar-refractivity contribution < 1.29 is 25.9 Å². The molecule has 0 unspecified atom stereocenters. The Morgan fingerprint density at radius 1 is 0.247 bits per heavy atom. The van der Waals surface area contributed by atoms with E-state index < -0.39 is 20.2 Å². The van der Waals surface area contributed by atoms with Crippen LogP contribution in [0.5, 0.6) is 0 Å². The van der Waals surface area contributed by atoms with Crippen LogP contribution in [0.2, 0.25) is 0 Å². The number of unbranched alkanes of at least 4 members (excludes halogenated alkanes) is 44. The van der Waals surface area contributed by atoms with Crippen LogP contribution < -0.4 is 0 Å². The quantitative estimate of drug-likeness (QED) is 0.0247. The van der Waals surface area contributed by atoms with Crippen LogP contribution in [-0.4, -0.2) is 74.8 Å². The van der Waals surface area contributed by atoms with Crippen molar-refractivity contribution in [3.8, 4) is 0 Å². The standard InChI is InChI=1S/2C38H64O3S.Ba/c2*1-3-5-7-9-11-13-15-17-19-21-23-25-27-34-29-30-35-33-38(42(39,40)41)36(32-37(35)31-34)28-26-24-22-20-18-16-14-12-10-8-6-4-2;/h2*29-33H,3-28H2,1-2H3,(H,39,40,41);/q;;+2/p-2. The summed E-state index contributed by atoms with van der Waals surface area (Å²) < 4.78 is 72.4. The van der Waals surface area contributed by atoms with Gasteiger partial charge in [0.1, 0.15) is 20.2 Å². The van der Waals surface area contributed by atoms with Gasteiger partial charge in [-0.2, -0.15) is 0 Å². The van der Waals surface area contributed by atoms with E-state index in [4.69, 9.17) is 0 Å². The van der Waals surface area contributed by atoms with Crippen LogP contribution in [0.1, 0.15) is 358 Å². The summed E-state index contributed by atoms with van der Waals surface area (Å²) in [6.07, 6.45) is 66.4. The van der Waals surface area contributed by atoms with Gasteiger partial charge < -0.3 is 9.11 Å². The molecule has 4 aromatic carbocycles. The maximum absolute atomic E-state index is 12.1. The van der Waals surface area contributed by atoms with E-state index in [1.807, 2.05) is 24.3 Å². The zero-order chi connectivity index (χ0) is 60.6. The molecule has 0 aliphatic rings. The molecule has 0 bridgehead atoms. The summed E-state index contributed by atoms with van der Waals surface area (Å²) in [5.41, 5.74) is 4.02. The number of benzene rings is 4. The first kappa shape index (κ1) is 79.9. The van der Waals surface area contributed by atoms with Crippen LogP contribution in [0.4, 0.5) is 0 Å². The fourth-order valence-corrected chi connectivity index (χ4v) is 14.1. The first-order valence-electron chi connectivity index (χ1n) is 35.9. The van der Waals surface area contributed by atoms with Crippen molar-refractivity contribution in [3.05, 3.63) is 82.9 Å². The summed E-state index contributed by atoms with van der Waals surface area (Å²) >= 11 is 0. The maximum atomic E-state index is 12.1. The smallest absolute Gasteiger partial charge is 0.744 e. The van der Waals surface area contributed by atoms with Gasteiger partial charge in [-0.25, -0.2) is 16.8 Å². The van der Waals surface area contributed by atoms with Crippen molar-refractivity contribution in [1.29, 1.82) is 0 Å². The molecule has 0 saturated heterocycles. The van der Waals surface area contributed by atoms with Crippen molar-refractivity contribution in [3.63, 3.8) is 0 Å². The van der Waals surface area contributed by atoms with E-state index in [2.05, 4.69) is 52.0 Å². The summed E-state index contributed by atoms with van der Waals surface area (Å²) in [6.45, 7) is 9.07. The molecule has 0 amide bonds. The molecule has 85 heavy (non-hydrogen) atoms. The van der Waals surface area contributed by atoms with E-state index in [-0.39, 0.29) is 58.7 Å². The number of rotatable bonds is 54. The molecule has 0 aliphatic carbocycles. The molecule has 0 N–H and O–H groups in total. The second-order valence-electron chi connectivity index (χ2n) is 25.7. The predicted molar refractivity (Wildman–Crippen MR) is 369 cm³/mol. The minimum absolute atomic E-state index is 0. The van der Waals surface area contributed by atoms with Gasteiger partial charge in [-0.1, -0.05) is 347 Å². The average molecular weight is 1340 g/mol. The van der Waals surface area contributed by atoms with E-state index in [9.17, 15) is 25.9 Å². The molecule has 0 aromatic heterocycles. The van der Waals surface area contributed by atoms with Gasteiger partial charge in [0, 0.05) is 0 Å². The normalized spacial score (nSPS) is 11.8. The summed E-state index contributed by atoms with van der Waals surface area (Å²) in [5, 5.41) is 3.82. The molecule has 0 fully saturated rings. The molecule has 4 aromatic rings. The Kier molecular flexibility index (Phi) is 49.3. The Balaban J connectivity index is 0.000000573. The largest absolute Gasteiger partial charge is 2.00 e. The Hall–Kier alpha value is -1.21. The summed E-state index contributed by atoms with van der Waals surface area (Å²) in [7, 11) is -8.97. The zero-order valence-corrected chi connectivity index (χ0v) is 61.6. The SMILES string of the molecule is CCCCCCCCCCCCCCc1ccc2cc(S(=O)(=O)[O-])c(CCCCCCCCCCCCCC)cc2c1.CCCCCCCCCCCCCCc1ccc2cc(S(=O)(=O)[O-])c(CCCCCCCCCCCCCC)cc2c1.[Ba+2]. The predicted octanol–water partition coefficient (Wildman–Crippen LogP) is 24.1. The molecule has 6 nitrogen and oxygen atoms in total. The number of hydrogen-bond acceptors (Lipinski definition) is 6. The van der Waals surface area contributed by atoms with Gasteiger partial charge in [0.2, 0.25) is 0 Å². The molecular formula is C76H126BaO6S2. The van der Waals surface area contributed by atoms with Gasteiger partial charge in [0.25, 0.3) is 0 Å².